The molecule has 0 spiro atoms. The second kappa shape index (κ2) is 8.17. The Bertz CT molecular complexity index is 412. The normalized spacial score (nSPS) is 13.7. The van der Waals surface area contributed by atoms with E-state index in [0.717, 1.165) is 10.2 Å². The average molecular weight is 329 g/mol. The maximum Gasteiger partial charge on any atom is 0.224 e. The summed E-state index contributed by atoms with van der Waals surface area (Å²) in [6.07, 6.45) is -0.0694. The molecule has 0 aliphatic heterocycles. The number of halogens is 1. The minimum Gasteiger partial charge on any atom is -0.489 e. The second-order valence-corrected chi connectivity index (χ2v) is 5.51. The van der Waals surface area contributed by atoms with Crippen molar-refractivity contribution in [3.63, 3.8) is 0 Å². The van der Waals surface area contributed by atoms with Crippen LogP contribution in [0.1, 0.15) is 13.8 Å². The molecule has 0 heterocycles. The van der Waals surface area contributed by atoms with Crippen LogP contribution in [0, 0.1) is 5.92 Å². The minimum absolute atomic E-state index is 0.0388. The maximum atomic E-state index is 11.7. The van der Waals surface area contributed by atoms with Gasteiger partial charge >= 0.3 is 0 Å². The SMILES string of the molecule is CNCC(C)C(=O)NCC(C)Oc1cccc(Br)c1. The van der Waals surface area contributed by atoms with Gasteiger partial charge in [-0.1, -0.05) is 28.9 Å². The number of ether oxygens (including phenoxy) is 1. The van der Waals surface area contributed by atoms with Crippen LogP contribution in [0.25, 0.3) is 0 Å². The van der Waals surface area contributed by atoms with Crippen molar-refractivity contribution in [3.8, 4) is 5.75 Å². The summed E-state index contributed by atoms with van der Waals surface area (Å²) in [4.78, 5) is 11.7. The lowest BCUT2D eigenvalue weighted by Gasteiger charge is -2.17. The molecule has 106 valence electrons. The first-order valence-corrected chi connectivity index (χ1v) is 7.16. The van der Waals surface area contributed by atoms with E-state index in [1.54, 1.807) is 0 Å². The first-order chi connectivity index (χ1) is 9.02. The molecule has 0 aliphatic carbocycles. The summed E-state index contributed by atoms with van der Waals surface area (Å²) in [6.45, 7) is 5.00. The molecule has 1 rings (SSSR count). The number of amides is 1. The van der Waals surface area contributed by atoms with E-state index in [2.05, 4.69) is 26.6 Å². The zero-order valence-corrected chi connectivity index (χ0v) is 13.2. The van der Waals surface area contributed by atoms with E-state index in [1.165, 1.54) is 0 Å². The van der Waals surface area contributed by atoms with Gasteiger partial charge in [-0.05, 0) is 32.2 Å². The number of carbonyl (C=O) groups is 1. The van der Waals surface area contributed by atoms with Gasteiger partial charge in [0.1, 0.15) is 11.9 Å². The van der Waals surface area contributed by atoms with Gasteiger partial charge in [0.2, 0.25) is 5.91 Å². The Hall–Kier alpha value is -1.07. The fourth-order valence-electron chi connectivity index (χ4n) is 1.63. The van der Waals surface area contributed by atoms with Crippen LogP contribution in [-0.2, 0) is 4.79 Å². The molecule has 1 aromatic rings. The topological polar surface area (TPSA) is 50.4 Å². The summed E-state index contributed by atoms with van der Waals surface area (Å²) >= 11 is 3.39. The Morgan fingerprint density at radius 3 is 2.74 bits per heavy atom. The molecule has 0 bridgehead atoms. The van der Waals surface area contributed by atoms with Crippen molar-refractivity contribution in [2.24, 2.45) is 5.92 Å². The predicted octanol–water partition coefficient (Wildman–Crippen LogP) is 2.19. The van der Waals surface area contributed by atoms with Crippen LogP contribution in [0.2, 0.25) is 0 Å². The molecule has 1 amide bonds. The zero-order valence-electron chi connectivity index (χ0n) is 11.6. The molecule has 2 unspecified atom stereocenters. The van der Waals surface area contributed by atoms with Gasteiger partial charge in [0, 0.05) is 16.9 Å². The lowest BCUT2D eigenvalue weighted by molar-refractivity contribution is -0.124. The van der Waals surface area contributed by atoms with Crippen LogP contribution in [-0.4, -0.2) is 32.1 Å². The quantitative estimate of drug-likeness (QED) is 0.806. The van der Waals surface area contributed by atoms with Crippen LogP contribution >= 0.6 is 15.9 Å². The van der Waals surface area contributed by atoms with Gasteiger partial charge in [-0.25, -0.2) is 0 Å². The molecule has 19 heavy (non-hydrogen) atoms. The first kappa shape index (κ1) is 16.0. The lowest BCUT2D eigenvalue weighted by atomic mass is 10.1. The van der Waals surface area contributed by atoms with Gasteiger partial charge in [0.15, 0.2) is 0 Å². The Morgan fingerprint density at radius 1 is 1.37 bits per heavy atom. The fourth-order valence-corrected chi connectivity index (χ4v) is 2.01. The third kappa shape index (κ3) is 6.07. The van der Waals surface area contributed by atoms with Gasteiger partial charge in [-0.3, -0.25) is 4.79 Å². The highest BCUT2D eigenvalue weighted by atomic mass is 79.9. The Kier molecular flexibility index (Phi) is 6.87. The standard InChI is InChI=1S/C14H21BrN2O2/c1-10(8-16-3)14(18)17-9-11(2)19-13-6-4-5-12(15)7-13/h4-7,10-11,16H,8-9H2,1-3H3,(H,17,18). The second-order valence-electron chi connectivity index (χ2n) is 4.59. The van der Waals surface area contributed by atoms with Crippen LogP contribution in [0.5, 0.6) is 5.75 Å². The number of rotatable bonds is 7. The van der Waals surface area contributed by atoms with Crippen molar-refractivity contribution in [1.82, 2.24) is 10.6 Å². The van der Waals surface area contributed by atoms with Crippen molar-refractivity contribution >= 4 is 21.8 Å². The van der Waals surface area contributed by atoms with Gasteiger partial charge in [-0.2, -0.15) is 0 Å². The molecular weight excluding hydrogens is 308 g/mol. The van der Waals surface area contributed by atoms with E-state index in [-0.39, 0.29) is 17.9 Å². The summed E-state index contributed by atoms with van der Waals surface area (Å²) in [7, 11) is 1.84. The molecule has 5 heteroatoms. The number of benzene rings is 1. The summed E-state index contributed by atoms with van der Waals surface area (Å²) in [6, 6.07) is 7.66. The van der Waals surface area contributed by atoms with E-state index in [9.17, 15) is 4.79 Å². The third-order valence-corrected chi connectivity index (χ3v) is 3.15. The average Bonchev–Trinajstić information content (AvgIpc) is 2.36. The summed E-state index contributed by atoms with van der Waals surface area (Å²) < 4.78 is 6.70. The summed E-state index contributed by atoms with van der Waals surface area (Å²) in [5.41, 5.74) is 0. The lowest BCUT2D eigenvalue weighted by Crippen LogP contribution is -2.39. The monoisotopic (exact) mass is 328 g/mol. The molecule has 2 atom stereocenters. The van der Waals surface area contributed by atoms with Crippen LogP contribution < -0.4 is 15.4 Å². The van der Waals surface area contributed by atoms with Crippen molar-refractivity contribution in [3.05, 3.63) is 28.7 Å². The molecular formula is C14H21BrN2O2. The summed E-state index contributed by atoms with van der Waals surface area (Å²) in [5, 5.41) is 5.87. The van der Waals surface area contributed by atoms with Crippen molar-refractivity contribution in [2.45, 2.75) is 20.0 Å². The number of nitrogens with one attached hydrogen (secondary N) is 2. The number of hydrogen-bond donors (Lipinski definition) is 2. The molecule has 0 aliphatic rings. The van der Waals surface area contributed by atoms with E-state index < -0.39 is 0 Å². The Morgan fingerprint density at radius 2 is 2.11 bits per heavy atom. The van der Waals surface area contributed by atoms with Crippen molar-refractivity contribution < 1.29 is 9.53 Å². The highest BCUT2D eigenvalue weighted by molar-refractivity contribution is 9.10. The summed E-state index contributed by atoms with van der Waals surface area (Å²) in [5.74, 6) is 0.793. The molecule has 4 nitrogen and oxygen atoms in total. The molecule has 1 aromatic carbocycles. The highest BCUT2D eigenvalue weighted by Crippen LogP contribution is 2.18. The van der Waals surface area contributed by atoms with E-state index in [1.807, 2.05) is 45.2 Å². The van der Waals surface area contributed by atoms with Gasteiger partial charge in [0.25, 0.3) is 0 Å². The van der Waals surface area contributed by atoms with Gasteiger partial charge < -0.3 is 15.4 Å². The minimum atomic E-state index is -0.0694. The van der Waals surface area contributed by atoms with Crippen LogP contribution in [0.3, 0.4) is 0 Å². The Balaban J connectivity index is 2.35. The number of carbonyl (C=O) groups excluding carboxylic acids is 1. The largest absolute Gasteiger partial charge is 0.489 e. The first-order valence-electron chi connectivity index (χ1n) is 6.37. The highest BCUT2D eigenvalue weighted by Gasteiger charge is 2.13. The van der Waals surface area contributed by atoms with E-state index in [0.29, 0.717) is 13.1 Å². The Labute approximate surface area is 123 Å². The smallest absolute Gasteiger partial charge is 0.224 e. The van der Waals surface area contributed by atoms with E-state index in [4.69, 9.17) is 4.74 Å². The number of hydrogen-bond acceptors (Lipinski definition) is 3. The molecule has 0 saturated heterocycles. The predicted molar refractivity (Wildman–Crippen MR) is 80.3 cm³/mol. The fraction of sp³-hybridized carbons (Fsp3) is 0.500. The van der Waals surface area contributed by atoms with E-state index >= 15 is 0 Å². The van der Waals surface area contributed by atoms with Crippen molar-refractivity contribution in [1.29, 1.82) is 0 Å². The van der Waals surface area contributed by atoms with Crippen molar-refractivity contribution in [2.75, 3.05) is 20.1 Å². The van der Waals surface area contributed by atoms with Gasteiger partial charge in [-0.15, -0.1) is 0 Å². The van der Waals surface area contributed by atoms with Crippen LogP contribution in [0.4, 0.5) is 0 Å². The molecule has 0 aromatic heterocycles. The van der Waals surface area contributed by atoms with Crippen LogP contribution in [0.15, 0.2) is 28.7 Å². The van der Waals surface area contributed by atoms with Gasteiger partial charge in [0.05, 0.1) is 6.54 Å². The molecule has 2 N–H and O–H groups in total. The molecule has 0 radical (unpaired) electrons. The molecule has 0 saturated carbocycles. The third-order valence-electron chi connectivity index (χ3n) is 2.65. The molecule has 0 fully saturated rings. The zero-order chi connectivity index (χ0) is 14.3. The maximum absolute atomic E-state index is 11.7.